The van der Waals surface area contributed by atoms with Crippen LogP contribution < -0.4 is 16.0 Å². The Labute approximate surface area is 231 Å². The number of ketones is 1. The number of amides is 3. The summed E-state index contributed by atoms with van der Waals surface area (Å²) in [5.41, 5.74) is 0.824. The van der Waals surface area contributed by atoms with Crippen LogP contribution in [0.3, 0.4) is 0 Å². The molecule has 3 amide bonds. The molecular weight excluding hydrogens is 526 g/mol. The molecule has 2 aliphatic heterocycles. The first-order valence-electron chi connectivity index (χ1n) is 12.8. The maximum atomic E-state index is 13.4. The molecule has 0 radical (unpaired) electrons. The summed E-state index contributed by atoms with van der Waals surface area (Å²) in [7, 11) is 3.00. The number of ether oxygens (including phenoxy) is 1. The number of rotatable bonds is 3. The molecule has 38 heavy (non-hydrogen) atoms. The van der Waals surface area contributed by atoms with Gasteiger partial charge in [0.2, 0.25) is 17.7 Å². The molecule has 0 aliphatic carbocycles. The van der Waals surface area contributed by atoms with Crippen molar-refractivity contribution in [3.8, 4) is 0 Å². The Kier molecular flexibility index (Phi) is 11.7. The summed E-state index contributed by atoms with van der Waals surface area (Å²) in [5.74, 6) is -2.17. The van der Waals surface area contributed by atoms with Crippen LogP contribution in [0.25, 0.3) is 0 Å². The number of Topliss-reactive ketones (excluding diaryl/α,β-unsaturated/α-hetero) is 1. The number of carbonyl (C=O) groups excluding carboxylic acids is 5. The van der Waals surface area contributed by atoms with Gasteiger partial charge in [0.1, 0.15) is 30.5 Å². The van der Waals surface area contributed by atoms with Gasteiger partial charge in [-0.05, 0) is 24.0 Å². The zero-order valence-corrected chi connectivity index (χ0v) is 23.3. The maximum Gasteiger partial charge on any atom is 0.326 e. The number of hydrogen-bond acceptors (Lipinski definition) is 8. The Bertz CT molecular complexity index is 1030. The Morgan fingerprint density at radius 3 is 2.45 bits per heavy atom. The summed E-state index contributed by atoms with van der Waals surface area (Å²) in [6.07, 6.45) is 3.52. The predicted molar refractivity (Wildman–Crippen MR) is 148 cm³/mol. The number of benzene rings is 1. The molecule has 1 saturated heterocycles. The van der Waals surface area contributed by atoms with Gasteiger partial charge in [-0.25, -0.2) is 0 Å². The van der Waals surface area contributed by atoms with Crippen molar-refractivity contribution < 1.29 is 28.7 Å². The fraction of sp³-hybridized carbons (Fsp3) is 0.519. The molecule has 9 nitrogen and oxygen atoms in total. The maximum absolute atomic E-state index is 13.4. The van der Waals surface area contributed by atoms with E-state index in [1.807, 2.05) is 50.3 Å². The van der Waals surface area contributed by atoms with Crippen LogP contribution in [-0.4, -0.2) is 65.7 Å². The summed E-state index contributed by atoms with van der Waals surface area (Å²) in [6.45, 7) is 3.29. The highest BCUT2D eigenvalue weighted by molar-refractivity contribution is 8.76. The number of esters is 1. The first kappa shape index (κ1) is 29.8. The van der Waals surface area contributed by atoms with Gasteiger partial charge in [0.25, 0.3) is 0 Å². The highest BCUT2D eigenvalue weighted by atomic mass is 33.1. The molecule has 3 rings (SSSR count). The van der Waals surface area contributed by atoms with E-state index in [2.05, 4.69) is 16.0 Å². The van der Waals surface area contributed by atoms with Crippen LogP contribution in [-0.2, 0) is 35.1 Å². The lowest BCUT2D eigenvalue weighted by molar-refractivity contribution is -0.148. The summed E-state index contributed by atoms with van der Waals surface area (Å²) in [5, 5.41) is 8.17. The smallest absolute Gasteiger partial charge is 0.326 e. The number of hydrogen-bond donors (Lipinski definition) is 3. The van der Waals surface area contributed by atoms with E-state index in [1.165, 1.54) is 10.8 Å². The fourth-order valence-corrected chi connectivity index (χ4v) is 6.31. The Hall–Kier alpha value is -2.79. The predicted octanol–water partition coefficient (Wildman–Crippen LogP) is 2.20. The third-order valence-corrected chi connectivity index (χ3v) is 8.74. The first-order chi connectivity index (χ1) is 18.2. The second-order valence-corrected chi connectivity index (χ2v) is 12.3. The van der Waals surface area contributed by atoms with Crippen LogP contribution in [0.5, 0.6) is 0 Å². The molecule has 0 saturated carbocycles. The van der Waals surface area contributed by atoms with Crippen LogP contribution in [0.15, 0.2) is 42.5 Å². The van der Waals surface area contributed by atoms with E-state index >= 15 is 0 Å². The van der Waals surface area contributed by atoms with Crippen molar-refractivity contribution in [2.45, 2.75) is 57.7 Å². The van der Waals surface area contributed by atoms with Gasteiger partial charge in [0.05, 0.1) is 0 Å². The highest BCUT2D eigenvalue weighted by Crippen LogP contribution is 2.25. The second-order valence-electron chi connectivity index (χ2n) is 9.68. The van der Waals surface area contributed by atoms with Gasteiger partial charge < -0.3 is 20.7 Å². The van der Waals surface area contributed by atoms with E-state index in [0.717, 1.165) is 11.3 Å². The summed E-state index contributed by atoms with van der Waals surface area (Å²) >= 11 is 0. The largest absolute Gasteiger partial charge is 0.456 e. The lowest BCUT2D eigenvalue weighted by Crippen LogP contribution is -2.56. The highest BCUT2D eigenvalue weighted by Gasteiger charge is 2.32. The third kappa shape index (κ3) is 9.50. The van der Waals surface area contributed by atoms with Crippen molar-refractivity contribution in [3.05, 3.63) is 48.0 Å². The lowest BCUT2D eigenvalue weighted by atomic mass is 9.88. The monoisotopic (exact) mass is 561 g/mol. The minimum absolute atomic E-state index is 0.0327. The Morgan fingerprint density at radius 2 is 1.71 bits per heavy atom. The zero-order valence-electron chi connectivity index (χ0n) is 21.6. The summed E-state index contributed by atoms with van der Waals surface area (Å²) < 4.78 is 5.52. The van der Waals surface area contributed by atoms with Crippen LogP contribution >= 0.6 is 21.6 Å². The van der Waals surface area contributed by atoms with E-state index in [-0.39, 0.29) is 36.7 Å². The van der Waals surface area contributed by atoms with Gasteiger partial charge in [0, 0.05) is 36.7 Å². The van der Waals surface area contributed by atoms with E-state index in [0.29, 0.717) is 6.42 Å². The summed E-state index contributed by atoms with van der Waals surface area (Å²) in [6, 6.07) is 7.32. The Morgan fingerprint density at radius 1 is 0.947 bits per heavy atom. The molecule has 3 N–H and O–H groups in total. The Balaban J connectivity index is 1.96. The minimum Gasteiger partial charge on any atom is -0.456 e. The quantitative estimate of drug-likeness (QED) is 0.291. The molecule has 1 aromatic carbocycles. The molecule has 2 heterocycles. The average Bonchev–Trinajstić information content (AvgIpc) is 2.88. The molecule has 1 unspecified atom stereocenters. The van der Waals surface area contributed by atoms with Gasteiger partial charge in [-0.1, -0.05) is 71.8 Å². The molecule has 0 spiro atoms. The van der Waals surface area contributed by atoms with Crippen LogP contribution in [0.1, 0.15) is 38.7 Å². The molecule has 0 aromatic heterocycles. The SMILES string of the molecule is CC(C)[C@H]1CC(=O)CC2/C=C/CCSSC[C@@H](NC1=O)C(=O)N[C@@H](Cc1ccccc1)C(=O)NCC(=O)O2. The third-order valence-electron chi connectivity index (χ3n) is 6.29. The molecule has 4 atom stereocenters. The van der Waals surface area contributed by atoms with Gasteiger partial charge >= 0.3 is 5.97 Å². The number of nitrogens with one attached hydrogen (secondary N) is 3. The van der Waals surface area contributed by atoms with Gasteiger partial charge in [-0.2, -0.15) is 0 Å². The van der Waals surface area contributed by atoms with Crippen molar-refractivity contribution in [3.63, 3.8) is 0 Å². The van der Waals surface area contributed by atoms with Crippen molar-refractivity contribution in [1.82, 2.24) is 16.0 Å². The second kappa shape index (κ2) is 15.0. The van der Waals surface area contributed by atoms with Crippen molar-refractivity contribution in [2.75, 3.05) is 18.1 Å². The van der Waals surface area contributed by atoms with E-state index in [1.54, 1.807) is 16.9 Å². The number of carbonyl (C=O) groups is 5. The molecular formula is C27H35N3O6S2. The number of fused-ring (bicyclic) bond motifs is 7. The van der Waals surface area contributed by atoms with Gasteiger partial charge in [0.15, 0.2) is 0 Å². The lowest BCUT2D eigenvalue weighted by Gasteiger charge is -2.26. The molecule has 206 valence electrons. The van der Waals surface area contributed by atoms with Crippen molar-refractivity contribution in [2.24, 2.45) is 11.8 Å². The number of allylic oxidation sites excluding steroid dienone is 1. The van der Waals surface area contributed by atoms with Crippen LogP contribution in [0.2, 0.25) is 0 Å². The first-order valence-corrected chi connectivity index (χ1v) is 15.3. The average molecular weight is 562 g/mol. The standard InChI is InChI=1S/C27H35N3O6S2/c1-17(2)21-14-19(31)13-20-10-6-7-11-37-38-16-23(30-25(21)33)27(35)29-22(12-18-8-4-3-5-9-18)26(34)28-15-24(32)36-20/h3-6,8-10,17,20-23H,7,11-16H2,1-2H3,(H,28,34)(H,29,35)(H,30,33)/b10-6+/t20?,21-,22+,23-/m1/s1. The van der Waals surface area contributed by atoms with E-state index in [4.69, 9.17) is 4.74 Å². The van der Waals surface area contributed by atoms with Crippen LogP contribution in [0.4, 0.5) is 0 Å². The zero-order chi connectivity index (χ0) is 27.5. The molecule has 1 aromatic rings. The molecule has 2 aliphatic rings. The van der Waals surface area contributed by atoms with Crippen molar-refractivity contribution in [1.29, 1.82) is 0 Å². The van der Waals surface area contributed by atoms with E-state index < -0.39 is 54.3 Å². The minimum atomic E-state index is -0.975. The fourth-order valence-electron chi connectivity index (χ4n) is 4.16. The summed E-state index contributed by atoms with van der Waals surface area (Å²) in [4.78, 5) is 65.4. The van der Waals surface area contributed by atoms with E-state index in [9.17, 15) is 24.0 Å². The molecule has 11 heteroatoms. The van der Waals surface area contributed by atoms with Gasteiger partial charge in [-0.15, -0.1) is 0 Å². The van der Waals surface area contributed by atoms with Crippen LogP contribution in [0, 0.1) is 11.8 Å². The van der Waals surface area contributed by atoms with Crippen molar-refractivity contribution >= 4 is 51.1 Å². The molecule has 2 bridgehead atoms. The topological polar surface area (TPSA) is 131 Å². The van der Waals surface area contributed by atoms with Gasteiger partial charge in [-0.3, -0.25) is 24.0 Å². The molecule has 1 fully saturated rings. The normalized spacial score (nSPS) is 27.5.